The molecule has 0 N–H and O–H groups in total. The Morgan fingerprint density at radius 3 is 2.52 bits per heavy atom. The third kappa shape index (κ3) is 3.98. The fraction of sp³-hybridized carbons (Fsp3) is 0.160. The Labute approximate surface area is 193 Å². The highest BCUT2D eigenvalue weighted by Crippen LogP contribution is 2.24. The molecule has 0 spiro atoms. The van der Waals surface area contributed by atoms with Crippen molar-refractivity contribution in [2.24, 2.45) is 0 Å². The van der Waals surface area contributed by atoms with E-state index in [0.29, 0.717) is 28.7 Å². The summed E-state index contributed by atoms with van der Waals surface area (Å²) in [6.45, 7) is 2.39. The first-order valence-electron chi connectivity index (χ1n) is 10.7. The standard InChI is InChI=1S/C25H21FN4O2S/c1-2-17-11-13-18(14-12-17)29-23(31)19-7-3-5-9-21(19)30-24(29)27-28-25(30)33-16-15-32-22-10-6-4-8-20(22)26/h3-14H,2,15-16H2,1H3. The number of fused-ring (bicyclic) bond motifs is 3. The Balaban J connectivity index is 1.52. The van der Waals surface area contributed by atoms with Crippen LogP contribution in [0, 0.1) is 5.82 Å². The van der Waals surface area contributed by atoms with Crippen molar-refractivity contribution in [2.45, 2.75) is 18.5 Å². The van der Waals surface area contributed by atoms with Crippen LogP contribution in [0.25, 0.3) is 22.4 Å². The number of ether oxygens (including phenoxy) is 1. The number of benzene rings is 3. The lowest BCUT2D eigenvalue weighted by molar-refractivity contribution is 0.325. The molecule has 5 rings (SSSR count). The van der Waals surface area contributed by atoms with Gasteiger partial charge < -0.3 is 4.74 Å². The number of aromatic nitrogens is 4. The summed E-state index contributed by atoms with van der Waals surface area (Å²) >= 11 is 1.44. The third-order valence-corrected chi connectivity index (χ3v) is 6.30. The summed E-state index contributed by atoms with van der Waals surface area (Å²) in [5.74, 6) is 0.812. The highest BCUT2D eigenvalue weighted by atomic mass is 32.2. The number of rotatable bonds is 7. The van der Waals surface area contributed by atoms with Gasteiger partial charge in [-0.3, -0.25) is 9.20 Å². The normalized spacial score (nSPS) is 11.3. The lowest BCUT2D eigenvalue weighted by Gasteiger charge is -2.12. The fourth-order valence-corrected chi connectivity index (χ4v) is 4.49. The molecule has 2 aromatic heterocycles. The minimum Gasteiger partial charge on any atom is -0.490 e. The smallest absolute Gasteiger partial charge is 0.267 e. The van der Waals surface area contributed by atoms with Crippen molar-refractivity contribution >= 4 is 28.4 Å². The van der Waals surface area contributed by atoms with Crippen LogP contribution in [0.3, 0.4) is 0 Å². The van der Waals surface area contributed by atoms with Crippen LogP contribution in [0.2, 0.25) is 0 Å². The van der Waals surface area contributed by atoms with Gasteiger partial charge in [0.05, 0.1) is 23.2 Å². The topological polar surface area (TPSA) is 61.4 Å². The summed E-state index contributed by atoms with van der Waals surface area (Å²) < 4.78 is 22.8. The van der Waals surface area contributed by atoms with Crippen molar-refractivity contribution in [1.29, 1.82) is 0 Å². The molecule has 0 aliphatic heterocycles. The minimum atomic E-state index is -0.389. The maximum absolute atomic E-state index is 13.8. The van der Waals surface area contributed by atoms with Crippen LogP contribution in [-0.2, 0) is 6.42 Å². The van der Waals surface area contributed by atoms with Gasteiger partial charge in [0.2, 0.25) is 5.78 Å². The molecule has 0 aliphatic rings. The molecular weight excluding hydrogens is 439 g/mol. The van der Waals surface area contributed by atoms with E-state index in [2.05, 4.69) is 17.1 Å². The third-order valence-electron chi connectivity index (χ3n) is 5.41. The van der Waals surface area contributed by atoms with Crippen LogP contribution in [0.1, 0.15) is 12.5 Å². The second kappa shape index (κ2) is 9.07. The number of aryl methyl sites for hydroxylation is 1. The first-order valence-corrected chi connectivity index (χ1v) is 11.6. The summed E-state index contributed by atoms with van der Waals surface area (Å²) in [6.07, 6.45) is 0.920. The Hall–Kier alpha value is -3.65. The van der Waals surface area contributed by atoms with E-state index in [9.17, 15) is 9.18 Å². The molecule has 5 aromatic rings. The molecule has 0 aliphatic carbocycles. The van der Waals surface area contributed by atoms with E-state index in [1.807, 2.05) is 52.9 Å². The summed E-state index contributed by atoms with van der Waals surface area (Å²) in [6, 6.07) is 21.6. The first kappa shape index (κ1) is 21.2. The minimum absolute atomic E-state index is 0.144. The predicted molar refractivity (Wildman–Crippen MR) is 128 cm³/mol. The molecule has 0 saturated heterocycles. The lowest BCUT2D eigenvalue weighted by Crippen LogP contribution is -2.21. The van der Waals surface area contributed by atoms with Crippen LogP contribution in [0.4, 0.5) is 4.39 Å². The van der Waals surface area contributed by atoms with E-state index in [0.717, 1.165) is 17.6 Å². The highest BCUT2D eigenvalue weighted by molar-refractivity contribution is 7.99. The Morgan fingerprint density at radius 2 is 1.73 bits per heavy atom. The molecule has 0 atom stereocenters. The van der Waals surface area contributed by atoms with Gasteiger partial charge in [-0.25, -0.2) is 8.96 Å². The Morgan fingerprint density at radius 1 is 0.970 bits per heavy atom. The van der Waals surface area contributed by atoms with Gasteiger partial charge in [0.25, 0.3) is 5.56 Å². The second-order valence-electron chi connectivity index (χ2n) is 7.42. The zero-order valence-corrected chi connectivity index (χ0v) is 18.8. The van der Waals surface area contributed by atoms with E-state index in [4.69, 9.17) is 4.74 Å². The largest absolute Gasteiger partial charge is 0.490 e. The average Bonchev–Trinajstić information content (AvgIpc) is 3.27. The quantitative estimate of drug-likeness (QED) is 0.255. The maximum atomic E-state index is 13.8. The number of hydrogen-bond donors (Lipinski definition) is 0. The zero-order valence-electron chi connectivity index (χ0n) is 17.9. The van der Waals surface area contributed by atoms with Gasteiger partial charge in [-0.15, -0.1) is 10.2 Å². The maximum Gasteiger partial charge on any atom is 0.267 e. The molecule has 0 saturated carbocycles. The molecular formula is C25H21FN4O2S. The van der Waals surface area contributed by atoms with Gasteiger partial charge in [0.15, 0.2) is 16.7 Å². The molecule has 0 radical (unpaired) electrons. The summed E-state index contributed by atoms with van der Waals surface area (Å²) in [5.41, 5.74) is 2.52. The fourth-order valence-electron chi connectivity index (χ4n) is 3.73. The SMILES string of the molecule is CCc1ccc(-n2c(=O)c3ccccc3n3c(SCCOc4ccccc4F)nnc23)cc1. The number of halogens is 1. The van der Waals surface area contributed by atoms with Gasteiger partial charge in [-0.1, -0.05) is 55.1 Å². The number of para-hydroxylation sites is 2. The number of hydrogen-bond acceptors (Lipinski definition) is 5. The molecule has 6 nitrogen and oxygen atoms in total. The highest BCUT2D eigenvalue weighted by Gasteiger charge is 2.18. The molecule has 8 heteroatoms. The Bertz CT molecular complexity index is 1490. The van der Waals surface area contributed by atoms with Crippen molar-refractivity contribution in [3.8, 4) is 11.4 Å². The Kier molecular flexibility index (Phi) is 5.83. The summed E-state index contributed by atoms with van der Waals surface area (Å²) in [5, 5.41) is 9.92. The van der Waals surface area contributed by atoms with Crippen LogP contribution < -0.4 is 10.3 Å². The number of thioether (sulfide) groups is 1. The lowest BCUT2D eigenvalue weighted by atomic mass is 10.1. The molecule has 33 heavy (non-hydrogen) atoms. The molecule has 166 valence electrons. The van der Waals surface area contributed by atoms with Gasteiger partial charge in [0.1, 0.15) is 0 Å². The van der Waals surface area contributed by atoms with Gasteiger partial charge >= 0.3 is 0 Å². The van der Waals surface area contributed by atoms with Crippen LogP contribution in [0.15, 0.2) is 82.7 Å². The van der Waals surface area contributed by atoms with Gasteiger partial charge in [-0.2, -0.15) is 0 Å². The van der Waals surface area contributed by atoms with Gasteiger partial charge in [0, 0.05) is 5.75 Å². The summed E-state index contributed by atoms with van der Waals surface area (Å²) in [7, 11) is 0. The van der Waals surface area contributed by atoms with Crippen LogP contribution in [-0.4, -0.2) is 31.5 Å². The van der Waals surface area contributed by atoms with E-state index >= 15 is 0 Å². The average molecular weight is 461 g/mol. The molecule has 0 amide bonds. The number of nitrogens with zero attached hydrogens (tertiary/aromatic N) is 4. The predicted octanol–water partition coefficient (Wildman–Crippen LogP) is 4.91. The van der Waals surface area contributed by atoms with Crippen LogP contribution in [0.5, 0.6) is 5.75 Å². The van der Waals surface area contributed by atoms with Crippen molar-refractivity contribution in [2.75, 3.05) is 12.4 Å². The molecule has 3 aromatic carbocycles. The van der Waals surface area contributed by atoms with Crippen molar-refractivity contribution in [3.05, 3.63) is 94.5 Å². The zero-order chi connectivity index (χ0) is 22.8. The molecule has 0 unspecified atom stereocenters. The van der Waals surface area contributed by atoms with E-state index in [-0.39, 0.29) is 17.1 Å². The molecule has 2 heterocycles. The monoisotopic (exact) mass is 460 g/mol. The molecule has 0 fully saturated rings. The van der Waals surface area contributed by atoms with Crippen LogP contribution >= 0.6 is 11.8 Å². The van der Waals surface area contributed by atoms with Crippen molar-refractivity contribution < 1.29 is 9.13 Å². The van der Waals surface area contributed by atoms with Gasteiger partial charge in [-0.05, 0) is 48.4 Å². The first-order chi connectivity index (χ1) is 16.2. The van der Waals surface area contributed by atoms with E-state index in [1.54, 1.807) is 22.8 Å². The summed E-state index contributed by atoms with van der Waals surface area (Å²) in [4.78, 5) is 13.4. The molecule has 0 bridgehead atoms. The van der Waals surface area contributed by atoms with E-state index < -0.39 is 0 Å². The van der Waals surface area contributed by atoms with E-state index in [1.165, 1.54) is 23.4 Å². The van der Waals surface area contributed by atoms with Crippen molar-refractivity contribution in [1.82, 2.24) is 19.2 Å². The second-order valence-corrected chi connectivity index (χ2v) is 8.49. The van der Waals surface area contributed by atoms with Crippen molar-refractivity contribution in [3.63, 3.8) is 0 Å².